The molecule has 20 rings (SSSR count). The quantitative estimate of drug-likeness (QED) is 0.141. The fraction of sp³-hybridized carbons (Fsp3) is 0.0638. The molecule has 0 radical (unpaired) electrons. The predicted molar refractivity (Wildman–Crippen MR) is 413 cm³/mol. The molecule has 0 bridgehead atoms. The highest BCUT2D eigenvalue weighted by molar-refractivity contribution is 6.14. The smallest absolute Gasteiger partial charge is 0.0547 e. The molecule has 2 aliphatic carbocycles. The predicted octanol–water partition coefficient (Wildman–Crippen LogP) is 25.2. The van der Waals surface area contributed by atoms with Crippen LogP contribution in [0.5, 0.6) is 0 Å². The zero-order chi connectivity index (χ0) is 65.1. The first-order valence-electron chi connectivity index (χ1n) is 34.3. The minimum atomic E-state index is -0.318. The molecule has 15 aromatic carbocycles. The zero-order valence-electron chi connectivity index (χ0n) is 55.0. The van der Waals surface area contributed by atoms with E-state index < -0.39 is 0 Å². The van der Waals surface area contributed by atoms with Crippen molar-refractivity contribution in [2.75, 3.05) is 4.90 Å². The highest BCUT2D eigenvalue weighted by Gasteiger charge is 2.39. The van der Waals surface area contributed by atoms with Crippen LogP contribution in [-0.2, 0) is 10.8 Å². The molecule has 462 valence electrons. The maximum atomic E-state index is 2.56. The lowest BCUT2D eigenvalue weighted by atomic mass is 9.81. The third-order valence-electron chi connectivity index (χ3n) is 22.0. The highest BCUT2D eigenvalue weighted by atomic mass is 15.1. The fourth-order valence-electron chi connectivity index (χ4n) is 17.3. The van der Waals surface area contributed by atoms with Gasteiger partial charge in [0.25, 0.3) is 0 Å². The minimum absolute atomic E-state index is 0.318. The van der Waals surface area contributed by atoms with E-state index in [1.807, 2.05) is 0 Å². The summed E-state index contributed by atoms with van der Waals surface area (Å²) in [5.41, 5.74) is 31.1. The number of hydrogen-bond donors (Lipinski definition) is 0. The van der Waals surface area contributed by atoms with Crippen LogP contribution >= 0.6 is 0 Å². The fourth-order valence-corrected chi connectivity index (χ4v) is 17.3. The molecule has 0 N–H and O–H groups in total. The number of anilines is 3. The molecule has 4 heteroatoms. The summed E-state index contributed by atoms with van der Waals surface area (Å²) in [4.78, 5) is 2.56. The number of benzene rings is 15. The third kappa shape index (κ3) is 8.25. The van der Waals surface area contributed by atoms with Crippen molar-refractivity contribution in [2.45, 2.75) is 38.5 Å². The standard InChI is InChI=1S/C94H66N4/c1-93(2)82-53-59(61-38-45-79-76-30-16-19-33-86(76)97(91(79)55-61)65-24-10-6-11-25-65)36-43-71(82)73-47-41-67(57-84(73)93)95(89-51-49-69(70-28-14-15-29-75(70)89)63-40-50-90-81(52-63)78-32-18-21-35-88(78)96(90)64-22-8-5-9-23-64)68-42-48-74-72-44-37-60(54-83(72)94(3,4)85(74)58-68)62-39-46-80-77-31-17-20-34-87(77)98(92(80)56-62)66-26-12-7-13-27-66/h5-58H,1-4H3. The Bertz CT molecular complexity index is 6090. The first kappa shape index (κ1) is 56.1. The Morgan fingerprint density at radius 2 is 0.541 bits per heavy atom. The van der Waals surface area contributed by atoms with Crippen LogP contribution in [0.4, 0.5) is 17.1 Å². The molecule has 0 atom stereocenters. The van der Waals surface area contributed by atoms with Crippen molar-refractivity contribution in [3.05, 3.63) is 350 Å². The van der Waals surface area contributed by atoms with Crippen LogP contribution in [0.15, 0.2) is 328 Å². The van der Waals surface area contributed by atoms with Gasteiger partial charge in [-0.3, -0.25) is 0 Å². The molecular weight excluding hydrogens is 1190 g/mol. The van der Waals surface area contributed by atoms with Crippen molar-refractivity contribution in [3.63, 3.8) is 0 Å². The van der Waals surface area contributed by atoms with Crippen LogP contribution < -0.4 is 4.90 Å². The van der Waals surface area contributed by atoms with Crippen molar-refractivity contribution < 1.29 is 0 Å². The maximum absolute atomic E-state index is 2.56. The number of nitrogens with zero attached hydrogens (tertiary/aromatic N) is 4. The molecule has 0 spiro atoms. The van der Waals surface area contributed by atoms with E-state index in [9.17, 15) is 0 Å². The average Bonchev–Trinajstić information content (AvgIpc) is 1.60. The maximum Gasteiger partial charge on any atom is 0.0547 e. The van der Waals surface area contributed by atoms with E-state index in [4.69, 9.17) is 0 Å². The Labute approximate surface area is 569 Å². The van der Waals surface area contributed by atoms with Gasteiger partial charge in [-0.15, -0.1) is 0 Å². The van der Waals surface area contributed by atoms with Crippen LogP contribution in [-0.4, -0.2) is 13.7 Å². The van der Waals surface area contributed by atoms with Gasteiger partial charge in [-0.25, -0.2) is 0 Å². The SMILES string of the molecule is CC1(C)c2cc(-c3ccc4c5ccccc5n(-c5ccccc5)c4c3)ccc2-c2ccc(N(c3ccc4c(c3)C(C)(C)c3cc(-c5ccc6c7ccccc7n(-c7ccccc7)c6c5)ccc3-4)c3ccc(-c4ccc5c(c4)c4ccccc4n5-c4ccccc4)c4ccccc34)cc21. The molecule has 0 fully saturated rings. The van der Waals surface area contributed by atoms with Crippen molar-refractivity contribution in [3.8, 4) is 72.7 Å². The number of hydrogen-bond acceptors (Lipinski definition) is 1. The van der Waals surface area contributed by atoms with Crippen LogP contribution in [0.25, 0.3) is 149 Å². The normalized spacial score (nSPS) is 13.5. The molecule has 98 heavy (non-hydrogen) atoms. The lowest BCUT2D eigenvalue weighted by molar-refractivity contribution is 0.660. The first-order valence-corrected chi connectivity index (χ1v) is 34.3. The van der Waals surface area contributed by atoms with Gasteiger partial charge >= 0.3 is 0 Å². The van der Waals surface area contributed by atoms with E-state index in [1.165, 1.54) is 154 Å². The number of aromatic nitrogens is 3. The Morgan fingerprint density at radius 1 is 0.214 bits per heavy atom. The van der Waals surface area contributed by atoms with E-state index in [0.717, 1.165) is 34.1 Å². The van der Waals surface area contributed by atoms with Gasteiger partial charge < -0.3 is 18.6 Å². The Kier molecular flexibility index (Phi) is 12.1. The summed E-state index contributed by atoms with van der Waals surface area (Å²) < 4.78 is 7.24. The van der Waals surface area contributed by atoms with Gasteiger partial charge in [0.05, 0.1) is 38.8 Å². The van der Waals surface area contributed by atoms with E-state index in [0.29, 0.717) is 0 Å². The second-order valence-corrected chi connectivity index (χ2v) is 28.0. The van der Waals surface area contributed by atoms with E-state index in [2.05, 4.69) is 374 Å². The summed E-state index contributed by atoms with van der Waals surface area (Å²) in [6.07, 6.45) is 0. The lowest BCUT2D eigenvalue weighted by Gasteiger charge is -2.31. The second-order valence-electron chi connectivity index (χ2n) is 28.0. The summed E-state index contributed by atoms with van der Waals surface area (Å²) in [6, 6.07) is 123. The second kappa shape index (κ2) is 21.1. The Balaban J connectivity index is 0.722. The van der Waals surface area contributed by atoms with E-state index >= 15 is 0 Å². The molecule has 0 saturated carbocycles. The number of rotatable bonds is 9. The van der Waals surface area contributed by atoms with Gasteiger partial charge in [-0.05, 0) is 205 Å². The number of fused-ring (bicyclic) bond motifs is 16. The third-order valence-corrected chi connectivity index (χ3v) is 22.0. The topological polar surface area (TPSA) is 18.0 Å². The van der Waals surface area contributed by atoms with Crippen molar-refractivity contribution in [1.82, 2.24) is 13.7 Å². The van der Waals surface area contributed by atoms with Crippen molar-refractivity contribution in [2.24, 2.45) is 0 Å². The largest absolute Gasteiger partial charge is 0.310 e. The summed E-state index contributed by atoms with van der Waals surface area (Å²) >= 11 is 0. The van der Waals surface area contributed by atoms with Crippen molar-refractivity contribution >= 4 is 93.3 Å². The lowest BCUT2D eigenvalue weighted by Crippen LogP contribution is -2.18. The number of para-hydroxylation sites is 6. The summed E-state index contributed by atoms with van der Waals surface area (Å²) in [5.74, 6) is 0. The minimum Gasteiger partial charge on any atom is -0.310 e. The van der Waals surface area contributed by atoms with Gasteiger partial charge in [-0.2, -0.15) is 0 Å². The van der Waals surface area contributed by atoms with Gasteiger partial charge in [0.2, 0.25) is 0 Å². The first-order chi connectivity index (χ1) is 48.1. The molecule has 18 aromatic rings. The molecule has 3 aromatic heterocycles. The van der Waals surface area contributed by atoms with Crippen LogP contribution in [0, 0.1) is 0 Å². The zero-order valence-corrected chi connectivity index (χ0v) is 55.0. The van der Waals surface area contributed by atoms with Crippen LogP contribution in [0.2, 0.25) is 0 Å². The molecule has 0 unspecified atom stereocenters. The van der Waals surface area contributed by atoms with E-state index in [1.54, 1.807) is 0 Å². The monoisotopic (exact) mass is 1250 g/mol. The molecule has 2 aliphatic rings. The van der Waals surface area contributed by atoms with Crippen LogP contribution in [0.3, 0.4) is 0 Å². The Hall–Kier alpha value is -12.2. The average molecular weight is 1250 g/mol. The molecule has 3 heterocycles. The van der Waals surface area contributed by atoms with Gasteiger partial charge in [0.1, 0.15) is 0 Å². The van der Waals surface area contributed by atoms with E-state index in [-0.39, 0.29) is 10.8 Å². The van der Waals surface area contributed by atoms with Gasteiger partial charge in [0, 0.05) is 77.0 Å². The molecule has 4 nitrogen and oxygen atoms in total. The summed E-state index contributed by atoms with van der Waals surface area (Å²) in [7, 11) is 0. The summed E-state index contributed by atoms with van der Waals surface area (Å²) in [6.45, 7) is 9.70. The Morgan fingerprint density at radius 3 is 1.01 bits per heavy atom. The highest BCUT2D eigenvalue weighted by Crippen LogP contribution is 2.56. The van der Waals surface area contributed by atoms with Crippen molar-refractivity contribution in [1.29, 1.82) is 0 Å². The molecular formula is C94H66N4. The van der Waals surface area contributed by atoms with Crippen LogP contribution in [0.1, 0.15) is 49.9 Å². The van der Waals surface area contributed by atoms with Gasteiger partial charge in [-0.1, -0.05) is 234 Å². The molecule has 0 amide bonds. The van der Waals surface area contributed by atoms with Gasteiger partial charge in [0.15, 0.2) is 0 Å². The molecule has 0 aliphatic heterocycles. The molecule has 0 saturated heterocycles. The summed E-state index contributed by atoms with van der Waals surface area (Å²) in [5, 5.41) is 9.90.